The van der Waals surface area contributed by atoms with E-state index in [1.807, 2.05) is 13.0 Å². The minimum atomic E-state index is -0.268. The quantitative estimate of drug-likeness (QED) is 0.524. The van der Waals surface area contributed by atoms with Crippen LogP contribution in [0.5, 0.6) is 5.75 Å². The van der Waals surface area contributed by atoms with Crippen LogP contribution in [0.25, 0.3) is 0 Å². The first kappa shape index (κ1) is 19.8. The van der Waals surface area contributed by atoms with E-state index in [9.17, 15) is 9.59 Å². The van der Waals surface area contributed by atoms with Crippen molar-refractivity contribution in [3.63, 3.8) is 0 Å². The van der Waals surface area contributed by atoms with Gasteiger partial charge < -0.3 is 20.6 Å². The summed E-state index contributed by atoms with van der Waals surface area (Å²) >= 11 is 0. The van der Waals surface area contributed by atoms with E-state index in [1.165, 1.54) is 6.20 Å². The number of anilines is 2. The number of carbonyl (C=O) groups is 2. The Hall–Kier alpha value is -3.00. The predicted molar refractivity (Wildman–Crippen MR) is 107 cm³/mol. The van der Waals surface area contributed by atoms with Crippen LogP contribution in [0.4, 0.5) is 11.8 Å². The van der Waals surface area contributed by atoms with Crippen LogP contribution in [0.3, 0.4) is 0 Å². The van der Waals surface area contributed by atoms with Crippen LogP contribution in [0.15, 0.2) is 30.5 Å². The smallest absolute Gasteiger partial charge is 0.224 e. The second-order valence-corrected chi connectivity index (χ2v) is 6.64. The summed E-state index contributed by atoms with van der Waals surface area (Å²) in [5.74, 6) is 0.780. The molecule has 1 fully saturated rings. The van der Waals surface area contributed by atoms with E-state index < -0.39 is 0 Å². The number of benzene rings is 1. The van der Waals surface area contributed by atoms with E-state index in [1.54, 1.807) is 18.2 Å². The van der Waals surface area contributed by atoms with Crippen molar-refractivity contribution in [3.8, 4) is 5.75 Å². The maximum Gasteiger partial charge on any atom is 0.224 e. The Morgan fingerprint density at radius 1 is 1.32 bits per heavy atom. The fourth-order valence-electron chi connectivity index (χ4n) is 3.27. The summed E-state index contributed by atoms with van der Waals surface area (Å²) in [5, 5.41) is 3.27. The number of nitrogens with two attached hydrogens (primary N) is 1. The minimum Gasteiger partial charge on any atom is -0.493 e. The van der Waals surface area contributed by atoms with Gasteiger partial charge in [-0.15, -0.1) is 0 Å². The van der Waals surface area contributed by atoms with Crippen molar-refractivity contribution in [2.24, 2.45) is 0 Å². The van der Waals surface area contributed by atoms with Gasteiger partial charge in [0.05, 0.1) is 24.3 Å². The lowest BCUT2D eigenvalue weighted by atomic mass is 10.0. The number of ketones is 1. The molecule has 0 unspecified atom stereocenters. The number of aromatic nitrogens is 2. The Balaban J connectivity index is 1.69. The van der Waals surface area contributed by atoms with E-state index in [0.29, 0.717) is 30.4 Å². The molecule has 0 bridgehead atoms. The summed E-state index contributed by atoms with van der Waals surface area (Å²) in [7, 11) is 0. The first-order chi connectivity index (χ1) is 13.6. The summed E-state index contributed by atoms with van der Waals surface area (Å²) < 4.78 is 5.53. The monoisotopic (exact) mass is 383 g/mol. The van der Waals surface area contributed by atoms with Crippen LogP contribution in [0.1, 0.15) is 35.7 Å². The molecule has 0 radical (unpaired) electrons. The van der Waals surface area contributed by atoms with Crippen LogP contribution in [0, 0.1) is 0 Å². The molecular formula is C20H25N5O3. The van der Waals surface area contributed by atoms with E-state index in [2.05, 4.69) is 20.2 Å². The van der Waals surface area contributed by atoms with Gasteiger partial charge in [0, 0.05) is 25.3 Å². The molecule has 3 rings (SSSR count). The molecule has 1 aliphatic rings. The molecule has 28 heavy (non-hydrogen) atoms. The zero-order valence-electron chi connectivity index (χ0n) is 15.9. The number of hydrogen-bond donors (Lipinski definition) is 2. The van der Waals surface area contributed by atoms with Crippen LogP contribution in [-0.4, -0.2) is 59.2 Å². The fourth-order valence-corrected chi connectivity index (χ4v) is 3.27. The average molecular weight is 383 g/mol. The SMILES string of the molecule is CCOc1ccccc1C(=O)c1cnc(NC2CCN(CC=O)CC2)nc1N. The zero-order valence-corrected chi connectivity index (χ0v) is 15.9. The molecule has 0 amide bonds. The van der Waals surface area contributed by atoms with Crippen LogP contribution < -0.4 is 15.8 Å². The first-order valence-electron chi connectivity index (χ1n) is 9.44. The normalized spacial score (nSPS) is 15.2. The molecule has 1 aromatic heterocycles. The Labute approximate surface area is 164 Å². The van der Waals surface area contributed by atoms with Gasteiger partial charge in [0.1, 0.15) is 17.9 Å². The molecule has 3 N–H and O–H groups in total. The van der Waals surface area contributed by atoms with E-state index in [4.69, 9.17) is 10.5 Å². The minimum absolute atomic E-state index is 0.132. The van der Waals surface area contributed by atoms with Gasteiger partial charge in [0.15, 0.2) is 0 Å². The maximum atomic E-state index is 12.9. The van der Waals surface area contributed by atoms with Gasteiger partial charge >= 0.3 is 0 Å². The van der Waals surface area contributed by atoms with Gasteiger partial charge in [-0.2, -0.15) is 4.98 Å². The molecule has 2 aromatic rings. The lowest BCUT2D eigenvalue weighted by molar-refractivity contribution is -0.109. The number of likely N-dealkylation sites (tertiary alicyclic amines) is 1. The number of para-hydroxylation sites is 1. The lowest BCUT2D eigenvalue weighted by Gasteiger charge is -2.31. The maximum absolute atomic E-state index is 12.9. The second kappa shape index (κ2) is 9.27. The number of nitrogens with one attached hydrogen (secondary N) is 1. The summed E-state index contributed by atoms with van der Waals surface area (Å²) in [6.45, 7) is 4.48. The third-order valence-electron chi connectivity index (χ3n) is 4.75. The van der Waals surface area contributed by atoms with Crippen molar-refractivity contribution in [2.45, 2.75) is 25.8 Å². The van der Waals surface area contributed by atoms with Crippen molar-refractivity contribution < 1.29 is 14.3 Å². The second-order valence-electron chi connectivity index (χ2n) is 6.64. The van der Waals surface area contributed by atoms with Crippen LogP contribution in [0.2, 0.25) is 0 Å². The number of ether oxygens (including phenoxy) is 1. The van der Waals surface area contributed by atoms with Gasteiger partial charge in [-0.05, 0) is 31.9 Å². The van der Waals surface area contributed by atoms with Crippen molar-refractivity contribution in [2.75, 3.05) is 37.3 Å². The third kappa shape index (κ3) is 4.64. The van der Waals surface area contributed by atoms with Gasteiger partial charge in [-0.3, -0.25) is 9.69 Å². The number of nitrogens with zero attached hydrogens (tertiary/aromatic N) is 3. The zero-order chi connectivity index (χ0) is 19.9. The molecule has 0 spiro atoms. The fraction of sp³-hybridized carbons (Fsp3) is 0.400. The van der Waals surface area contributed by atoms with Crippen LogP contribution in [-0.2, 0) is 4.79 Å². The van der Waals surface area contributed by atoms with Gasteiger partial charge in [-0.25, -0.2) is 4.98 Å². The third-order valence-corrected chi connectivity index (χ3v) is 4.75. The number of hydrogen-bond acceptors (Lipinski definition) is 8. The molecule has 1 aromatic carbocycles. The largest absolute Gasteiger partial charge is 0.493 e. The Morgan fingerprint density at radius 3 is 2.75 bits per heavy atom. The van der Waals surface area contributed by atoms with Crippen molar-refractivity contribution in [1.82, 2.24) is 14.9 Å². The average Bonchev–Trinajstić information content (AvgIpc) is 2.70. The molecular weight excluding hydrogens is 358 g/mol. The molecule has 0 aliphatic carbocycles. The summed E-state index contributed by atoms with van der Waals surface area (Å²) in [6.07, 6.45) is 4.16. The number of rotatable bonds is 8. The van der Waals surface area contributed by atoms with Gasteiger partial charge in [0.2, 0.25) is 11.7 Å². The topological polar surface area (TPSA) is 110 Å². The van der Waals surface area contributed by atoms with Crippen molar-refractivity contribution >= 4 is 23.8 Å². The highest BCUT2D eigenvalue weighted by Crippen LogP contribution is 2.24. The molecule has 1 aliphatic heterocycles. The summed E-state index contributed by atoms with van der Waals surface area (Å²) in [6, 6.07) is 7.25. The van der Waals surface area contributed by atoms with Gasteiger partial charge in [0.25, 0.3) is 0 Å². The Morgan fingerprint density at radius 2 is 2.07 bits per heavy atom. The summed E-state index contributed by atoms with van der Waals surface area (Å²) in [4.78, 5) is 34.1. The molecule has 0 saturated carbocycles. The lowest BCUT2D eigenvalue weighted by Crippen LogP contribution is -2.40. The number of nitrogen functional groups attached to an aromatic ring is 1. The molecule has 1 saturated heterocycles. The van der Waals surface area contributed by atoms with Crippen molar-refractivity contribution in [3.05, 3.63) is 41.6 Å². The van der Waals surface area contributed by atoms with E-state index in [0.717, 1.165) is 32.2 Å². The first-order valence-corrected chi connectivity index (χ1v) is 9.44. The summed E-state index contributed by atoms with van der Waals surface area (Å²) in [5.41, 5.74) is 6.73. The standard InChI is InChI=1S/C20H25N5O3/c1-2-28-17-6-4-3-5-15(17)18(27)16-13-22-20(24-19(16)21)23-14-7-9-25(10-8-14)11-12-26/h3-6,12-14H,2,7-11H2,1H3,(H3,21,22,23,24). The Kier molecular flexibility index (Phi) is 6.54. The predicted octanol–water partition coefficient (Wildman–Crippen LogP) is 1.76. The number of piperidine rings is 1. The number of aldehydes is 1. The molecule has 8 nitrogen and oxygen atoms in total. The Bertz CT molecular complexity index is 834. The van der Waals surface area contributed by atoms with E-state index in [-0.39, 0.29) is 23.2 Å². The molecule has 2 heterocycles. The highest BCUT2D eigenvalue weighted by molar-refractivity contribution is 6.13. The molecule has 148 valence electrons. The molecule has 0 atom stereocenters. The van der Waals surface area contributed by atoms with Crippen molar-refractivity contribution in [1.29, 1.82) is 0 Å². The molecule has 8 heteroatoms. The van der Waals surface area contributed by atoms with E-state index >= 15 is 0 Å². The highest BCUT2D eigenvalue weighted by atomic mass is 16.5. The van der Waals surface area contributed by atoms with Crippen LogP contribution >= 0.6 is 0 Å². The number of carbonyl (C=O) groups excluding carboxylic acids is 2. The highest BCUT2D eigenvalue weighted by Gasteiger charge is 2.21. The van der Waals surface area contributed by atoms with Gasteiger partial charge in [-0.1, -0.05) is 12.1 Å².